The van der Waals surface area contributed by atoms with Crippen LogP contribution in [-0.4, -0.2) is 40.8 Å². The summed E-state index contributed by atoms with van der Waals surface area (Å²) in [6.45, 7) is 3.17. The van der Waals surface area contributed by atoms with Crippen molar-refractivity contribution in [2.45, 2.75) is 19.9 Å². The minimum Gasteiger partial charge on any atom is -0.475 e. The van der Waals surface area contributed by atoms with Crippen LogP contribution in [0, 0.1) is 0 Å². The highest BCUT2D eigenvalue weighted by atomic mass is 16.5. The van der Waals surface area contributed by atoms with Crippen molar-refractivity contribution >= 4 is 22.6 Å². The summed E-state index contributed by atoms with van der Waals surface area (Å²) in [6, 6.07) is 11.3. The summed E-state index contributed by atoms with van der Waals surface area (Å²) in [5.41, 5.74) is 2.48. The number of ether oxygens (including phenoxy) is 2. The molecule has 136 valence electrons. The first-order valence-corrected chi connectivity index (χ1v) is 8.53. The van der Waals surface area contributed by atoms with Crippen LogP contribution in [0.2, 0.25) is 0 Å². The van der Waals surface area contributed by atoms with Gasteiger partial charge in [-0.1, -0.05) is 19.1 Å². The van der Waals surface area contributed by atoms with Gasteiger partial charge < -0.3 is 19.4 Å². The number of aryl methyl sites for hydroxylation is 1. The van der Waals surface area contributed by atoms with Gasteiger partial charge >= 0.3 is 0 Å². The maximum atomic E-state index is 12.5. The third-order valence-corrected chi connectivity index (χ3v) is 3.91. The van der Waals surface area contributed by atoms with E-state index in [1.165, 1.54) is 0 Å². The van der Waals surface area contributed by atoms with Crippen LogP contribution in [0.15, 0.2) is 42.6 Å². The van der Waals surface area contributed by atoms with E-state index in [-0.39, 0.29) is 12.5 Å². The van der Waals surface area contributed by atoms with E-state index in [0.717, 1.165) is 23.3 Å². The largest absolute Gasteiger partial charge is 0.475 e. The summed E-state index contributed by atoms with van der Waals surface area (Å²) in [5, 5.41) is 2.86. The van der Waals surface area contributed by atoms with E-state index < -0.39 is 0 Å². The van der Waals surface area contributed by atoms with Crippen LogP contribution in [0.5, 0.6) is 5.88 Å². The molecule has 1 aromatic carbocycles. The second kappa shape index (κ2) is 8.44. The summed E-state index contributed by atoms with van der Waals surface area (Å²) in [6.07, 6.45) is 2.34. The Bertz CT molecular complexity index is 874. The van der Waals surface area contributed by atoms with Crippen molar-refractivity contribution in [3.8, 4) is 5.88 Å². The average molecular weight is 354 g/mol. The van der Waals surface area contributed by atoms with Crippen LogP contribution in [0.4, 0.5) is 5.69 Å². The summed E-state index contributed by atoms with van der Waals surface area (Å²) >= 11 is 0. The molecule has 26 heavy (non-hydrogen) atoms. The van der Waals surface area contributed by atoms with Crippen LogP contribution in [0.25, 0.3) is 11.0 Å². The second-order valence-electron chi connectivity index (χ2n) is 5.73. The predicted molar refractivity (Wildman–Crippen MR) is 99.3 cm³/mol. The van der Waals surface area contributed by atoms with Crippen LogP contribution in [-0.2, 0) is 22.5 Å². The number of carbonyl (C=O) groups excluding carboxylic acids is 1. The molecule has 0 aliphatic heterocycles. The second-order valence-corrected chi connectivity index (χ2v) is 5.73. The van der Waals surface area contributed by atoms with Crippen LogP contribution in [0.3, 0.4) is 0 Å². The van der Waals surface area contributed by atoms with Gasteiger partial charge in [-0.15, -0.1) is 0 Å². The van der Waals surface area contributed by atoms with Gasteiger partial charge in [0.2, 0.25) is 11.8 Å². The predicted octanol–water partition coefficient (Wildman–Crippen LogP) is 2.66. The smallest absolute Gasteiger partial charge is 0.244 e. The lowest BCUT2D eigenvalue weighted by atomic mass is 10.3. The number of rotatable bonds is 8. The van der Waals surface area contributed by atoms with Gasteiger partial charge in [-0.05, 0) is 18.2 Å². The Balaban J connectivity index is 1.66. The Morgan fingerprint density at radius 1 is 1.19 bits per heavy atom. The van der Waals surface area contributed by atoms with Gasteiger partial charge in [0.1, 0.15) is 19.0 Å². The van der Waals surface area contributed by atoms with E-state index in [1.54, 1.807) is 25.4 Å². The maximum Gasteiger partial charge on any atom is 0.244 e. The van der Waals surface area contributed by atoms with Crippen molar-refractivity contribution in [1.82, 2.24) is 14.5 Å². The molecule has 2 heterocycles. The Morgan fingerprint density at radius 3 is 2.77 bits per heavy atom. The zero-order valence-corrected chi connectivity index (χ0v) is 14.9. The van der Waals surface area contributed by atoms with Gasteiger partial charge in [-0.3, -0.25) is 4.79 Å². The van der Waals surface area contributed by atoms with E-state index in [2.05, 4.69) is 15.3 Å². The number of carbonyl (C=O) groups is 1. The number of benzene rings is 1. The monoisotopic (exact) mass is 354 g/mol. The highest BCUT2D eigenvalue weighted by Gasteiger charge is 2.12. The molecule has 1 N–H and O–H groups in total. The first-order valence-electron chi connectivity index (χ1n) is 8.53. The van der Waals surface area contributed by atoms with Crippen LogP contribution < -0.4 is 10.1 Å². The molecule has 0 fully saturated rings. The first kappa shape index (κ1) is 17.9. The fourth-order valence-electron chi connectivity index (χ4n) is 2.69. The van der Waals surface area contributed by atoms with Crippen molar-refractivity contribution in [2.75, 3.05) is 25.6 Å². The van der Waals surface area contributed by atoms with E-state index in [4.69, 9.17) is 9.47 Å². The fourth-order valence-corrected chi connectivity index (χ4v) is 2.69. The van der Waals surface area contributed by atoms with Gasteiger partial charge in [-0.2, -0.15) is 0 Å². The van der Waals surface area contributed by atoms with E-state index in [0.29, 0.717) is 24.8 Å². The SMILES string of the molecule is CCc1nc2ccccc2n1CC(=O)Nc1ccc(OCCOC)nc1. The number of nitrogens with one attached hydrogen (secondary N) is 1. The first-order chi connectivity index (χ1) is 12.7. The molecule has 1 amide bonds. The van der Waals surface area contributed by atoms with Crippen molar-refractivity contribution in [3.05, 3.63) is 48.4 Å². The van der Waals surface area contributed by atoms with Crippen LogP contribution in [0.1, 0.15) is 12.7 Å². The maximum absolute atomic E-state index is 12.5. The molecule has 0 aliphatic carbocycles. The van der Waals surface area contributed by atoms with Crippen molar-refractivity contribution in [1.29, 1.82) is 0 Å². The molecule has 3 rings (SSSR count). The molecule has 0 saturated heterocycles. The minimum atomic E-state index is -0.127. The van der Waals surface area contributed by atoms with Gasteiger partial charge in [-0.25, -0.2) is 9.97 Å². The summed E-state index contributed by atoms with van der Waals surface area (Å²) in [7, 11) is 1.61. The molecule has 0 atom stereocenters. The molecule has 0 saturated carbocycles. The molecular weight excluding hydrogens is 332 g/mol. The Kier molecular flexibility index (Phi) is 5.80. The molecule has 2 aromatic heterocycles. The number of amides is 1. The van der Waals surface area contributed by atoms with Crippen LogP contribution >= 0.6 is 0 Å². The van der Waals surface area contributed by atoms with Gasteiger partial charge in [0, 0.05) is 19.6 Å². The minimum absolute atomic E-state index is 0.127. The van der Waals surface area contributed by atoms with Crippen molar-refractivity contribution in [3.63, 3.8) is 0 Å². The number of hydrogen-bond donors (Lipinski definition) is 1. The summed E-state index contributed by atoms with van der Waals surface area (Å²) in [5.74, 6) is 1.26. The summed E-state index contributed by atoms with van der Waals surface area (Å²) < 4.78 is 12.3. The number of aromatic nitrogens is 3. The quantitative estimate of drug-likeness (QED) is 0.629. The number of hydrogen-bond acceptors (Lipinski definition) is 5. The zero-order valence-electron chi connectivity index (χ0n) is 14.9. The molecule has 0 bridgehead atoms. The fraction of sp³-hybridized carbons (Fsp3) is 0.316. The molecule has 3 aromatic rings. The standard InChI is InChI=1S/C19H22N4O3/c1-3-17-22-15-6-4-5-7-16(15)23(17)13-18(24)21-14-8-9-19(20-12-14)26-11-10-25-2/h4-9,12H,3,10-11,13H2,1-2H3,(H,21,24). The highest BCUT2D eigenvalue weighted by molar-refractivity contribution is 5.91. The lowest BCUT2D eigenvalue weighted by molar-refractivity contribution is -0.116. The van der Waals surface area contributed by atoms with E-state index in [1.807, 2.05) is 35.8 Å². The number of nitrogens with zero attached hydrogens (tertiary/aromatic N) is 3. The molecule has 0 radical (unpaired) electrons. The number of imidazole rings is 1. The van der Waals surface area contributed by atoms with Gasteiger partial charge in [0.25, 0.3) is 0 Å². The molecule has 0 unspecified atom stereocenters. The number of fused-ring (bicyclic) bond motifs is 1. The number of methoxy groups -OCH3 is 1. The zero-order chi connectivity index (χ0) is 18.4. The van der Waals surface area contributed by atoms with E-state index in [9.17, 15) is 4.79 Å². The lowest BCUT2D eigenvalue weighted by Gasteiger charge is -2.10. The Hall–Kier alpha value is -2.93. The van der Waals surface area contributed by atoms with E-state index >= 15 is 0 Å². The molecular formula is C19H22N4O3. The number of anilines is 1. The third-order valence-electron chi connectivity index (χ3n) is 3.91. The average Bonchev–Trinajstić information content (AvgIpc) is 3.01. The molecule has 0 spiro atoms. The molecule has 7 nitrogen and oxygen atoms in total. The topological polar surface area (TPSA) is 78.3 Å². The Labute approximate surface area is 152 Å². The third kappa shape index (κ3) is 4.18. The molecule has 0 aliphatic rings. The van der Waals surface area contributed by atoms with Gasteiger partial charge in [0.05, 0.1) is 29.5 Å². The normalized spacial score (nSPS) is 10.8. The summed E-state index contributed by atoms with van der Waals surface area (Å²) in [4.78, 5) is 21.2. The molecule has 7 heteroatoms. The van der Waals surface area contributed by atoms with Gasteiger partial charge in [0.15, 0.2) is 0 Å². The highest BCUT2D eigenvalue weighted by Crippen LogP contribution is 2.17. The van der Waals surface area contributed by atoms with Crippen molar-refractivity contribution < 1.29 is 14.3 Å². The Morgan fingerprint density at radius 2 is 2.04 bits per heavy atom. The van der Waals surface area contributed by atoms with Crippen molar-refractivity contribution in [2.24, 2.45) is 0 Å². The number of pyridine rings is 1. The number of para-hydroxylation sites is 2. The lowest BCUT2D eigenvalue weighted by Crippen LogP contribution is -2.20.